The standard InChI is InChI=1S/C20H24FN3O/c1-23-11-9-17(20(23)16-4-3-10-22-13-16)14-24(2)19(25)12-15-5-7-18(21)8-6-15/h3-8,10,13,17,20H,9,11-12,14H2,1-2H3/t17-,20-/m0/s1. The van der Waals surface area contributed by atoms with E-state index in [4.69, 9.17) is 0 Å². The fraction of sp³-hybridized carbons (Fsp3) is 0.400. The molecule has 2 heterocycles. The molecule has 0 radical (unpaired) electrons. The molecular weight excluding hydrogens is 317 g/mol. The molecule has 2 atom stereocenters. The van der Waals surface area contributed by atoms with Crippen LogP contribution in [0.1, 0.15) is 23.6 Å². The second-order valence-corrected chi connectivity index (χ2v) is 6.84. The van der Waals surface area contributed by atoms with Gasteiger partial charge >= 0.3 is 0 Å². The number of carbonyl (C=O) groups excluding carboxylic acids is 1. The first-order valence-corrected chi connectivity index (χ1v) is 8.63. The van der Waals surface area contributed by atoms with E-state index < -0.39 is 0 Å². The van der Waals surface area contributed by atoms with Crippen molar-refractivity contribution in [2.75, 3.05) is 27.2 Å². The first-order valence-electron chi connectivity index (χ1n) is 8.63. The molecule has 1 aromatic carbocycles. The molecule has 132 valence electrons. The van der Waals surface area contributed by atoms with Crippen molar-refractivity contribution in [3.63, 3.8) is 0 Å². The quantitative estimate of drug-likeness (QED) is 0.839. The van der Waals surface area contributed by atoms with E-state index in [9.17, 15) is 9.18 Å². The Hall–Kier alpha value is -2.27. The van der Waals surface area contributed by atoms with Gasteiger partial charge in [-0.3, -0.25) is 14.7 Å². The second kappa shape index (κ2) is 7.74. The first kappa shape index (κ1) is 17.5. The molecule has 2 aromatic rings. The van der Waals surface area contributed by atoms with Crippen LogP contribution >= 0.6 is 0 Å². The highest BCUT2D eigenvalue weighted by molar-refractivity contribution is 5.78. The molecule has 0 N–H and O–H groups in total. The van der Waals surface area contributed by atoms with Gasteiger partial charge in [0.05, 0.1) is 6.42 Å². The Morgan fingerprint density at radius 2 is 2.08 bits per heavy atom. The number of hydrogen-bond acceptors (Lipinski definition) is 3. The van der Waals surface area contributed by atoms with Crippen LogP contribution in [0.15, 0.2) is 48.8 Å². The van der Waals surface area contributed by atoms with Crippen LogP contribution in [0.25, 0.3) is 0 Å². The average Bonchev–Trinajstić information content (AvgIpc) is 2.98. The van der Waals surface area contributed by atoms with Gasteiger partial charge in [-0.15, -0.1) is 0 Å². The molecule has 0 aliphatic carbocycles. The first-order chi connectivity index (χ1) is 12.0. The Labute approximate surface area is 148 Å². The van der Waals surface area contributed by atoms with Gasteiger partial charge in [0, 0.05) is 32.0 Å². The van der Waals surface area contributed by atoms with Gasteiger partial charge in [0.15, 0.2) is 0 Å². The highest BCUT2D eigenvalue weighted by atomic mass is 19.1. The Morgan fingerprint density at radius 3 is 2.76 bits per heavy atom. The smallest absolute Gasteiger partial charge is 0.226 e. The van der Waals surface area contributed by atoms with Crippen LogP contribution in [0.5, 0.6) is 0 Å². The molecule has 1 saturated heterocycles. The van der Waals surface area contributed by atoms with Crippen molar-refractivity contribution in [1.82, 2.24) is 14.8 Å². The molecule has 1 fully saturated rings. The lowest BCUT2D eigenvalue weighted by atomic mass is 9.94. The molecule has 1 aliphatic rings. The minimum Gasteiger partial charge on any atom is -0.345 e. The van der Waals surface area contributed by atoms with Crippen molar-refractivity contribution in [1.29, 1.82) is 0 Å². The Morgan fingerprint density at radius 1 is 1.32 bits per heavy atom. The monoisotopic (exact) mass is 341 g/mol. The Bertz CT molecular complexity index is 705. The number of aromatic nitrogens is 1. The number of halogens is 1. The van der Waals surface area contributed by atoms with Gasteiger partial charge in [0.2, 0.25) is 5.91 Å². The molecule has 0 spiro atoms. The van der Waals surface area contributed by atoms with Crippen molar-refractivity contribution < 1.29 is 9.18 Å². The highest BCUT2D eigenvalue weighted by Gasteiger charge is 2.34. The predicted molar refractivity (Wildman–Crippen MR) is 95.5 cm³/mol. The van der Waals surface area contributed by atoms with Crippen LogP contribution in [0, 0.1) is 11.7 Å². The molecule has 25 heavy (non-hydrogen) atoms. The van der Waals surface area contributed by atoms with Gasteiger partial charge in [-0.05, 0) is 55.3 Å². The number of hydrogen-bond donors (Lipinski definition) is 0. The average molecular weight is 341 g/mol. The second-order valence-electron chi connectivity index (χ2n) is 6.84. The molecule has 5 heteroatoms. The molecule has 1 aliphatic heterocycles. The van der Waals surface area contributed by atoms with Crippen molar-refractivity contribution in [2.45, 2.75) is 18.9 Å². The van der Waals surface area contributed by atoms with E-state index in [1.54, 1.807) is 23.2 Å². The lowest BCUT2D eigenvalue weighted by molar-refractivity contribution is -0.129. The SMILES string of the molecule is CN(C[C@@H]1CCN(C)[C@H]1c1cccnc1)C(=O)Cc1ccc(F)cc1. The minimum absolute atomic E-state index is 0.0612. The summed E-state index contributed by atoms with van der Waals surface area (Å²) in [5.41, 5.74) is 2.04. The van der Waals surface area contributed by atoms with E-state index in [0.717, 1.165) is 18.5 Å². The van der Waals surface area contributed by atoms with E-state index >= 15 is 0 Å². The van der Waals surface area contributed by atoms with Crippen LogP contribution in [-0.2, 0) is 11.2 Å². The predicted octanol–water partition coefficient (Wildman–Crippen LogP) is 2.91. The summed E-state index contributed by atoms with van der Waals surface area (Å²) in [6.07, 6.45) is 5.06. The van der Waals surface area contributed by atoms with Crippen molar-refractivity contribution in [3.8, 4) is 0 Å². The summed E-state index contributed by atoms with van der Waals surface area (Å²) in [6, 6.07) is 10.5. The van der Waals surface area contributed by atoms with E-state index in [-0.39, 0.29) is 17.8 Å². The number of amides is 1. The van der Waals surface area contributed by atoms with Crippen molar-refractivity contribution in [3.05, 3.63) is 65.7 Å². The molecule has 3 rings (SSSR count). The third kappa shape index (κ3) is 4.23. The molecule has 0 bridgehead atoms. The summed E-state index contributed by atoms with van der Waals surface area (Å²) in [5.74, 6) is 0.167. The summed E-state index contributed by atoms with van der Waals surface area (Å²) >= 11 is 0. The fourth-order valence-electron chi connectivity index (χ4n) is 3.66. The van der Waals surface area contributed by atoms with Crippen LogP contribution in [-0.4, -0.2) is 47.9 Å². The van der Waals surface area contributed by atoms with Crippen molar-refractivity contribution in [2.24, 2.45) is 5.92 Å². The van der Waals surface area contributed by atoms with Crippen LogP contribution in [0.4, 0.5) is 4.39 Å². The largest absolute Gasteiger partial charge is 0.345 e. The summed E-state index contributed by atoms with van der Waals surface area (Å²) in [5, 5.41) is 0. The lowest BCUT2D eigenvalue weighted by Gasteiger charge is -2.28. The zero-order valence-electron chi connectivity index (χ0n) is 14.7. The van der Waals surface area contributed by atoms with Crippen LogP contribution in [0.3, 0.4) is 0 Å². The van der Waals surface area contributed by atoms with E-state index in [1.165, 1.54) is 17.7 Å². The molecule has 1 amide bonds. The lowest BCUT2D eigenvalue weighted by Crippen LogP contribution is -2.35. The van der Waals surface area contributed by atoms with E-state index in [2.05, 4.69) is 23.0 Å². The van der Waals surface area contributed by atoms with Crippen LogP contribution < -0.4 is 0 Å². The van der Waals surface area contributed by atoms with Gasteiger partial charge in [0.1, 0.15) is 5.82 Å². The molecule has 4 nitrogen and oxygen atoms in total. The normalized spacial score (nSPS) is 20.6. The zero-order chi connectivity index (χ0) is 17.8. The Balaban J connectivity index is 1.64. The van der Waals surface area contributed by atoms with Gasteiger partial charge in [0.25, 0.3) is 0 Å². The minimum atomic E-state index is -0.280. The number of rotatable bonds is 5. The van der Waals surface area contributed by atoms with Gasteiger partial charge in [-0.2, -0.15) is 0 Å². The summed E-state index contributed by atoms with van der Waals surface area (Å²) in [7, 11) is 3.97. The third-order valence-corrected chi connectivity index (χ3v) is 5.00. The molecular formula is C20H24FN3O. The topological polar surface area (TPSA) is 36.4 Å². The highest BCUT2D eigenvalue weighted by Crippen LogP contribution is 2.36. The number of pyridine rings is 1. The summed E-state index contributed by atoms with van der Waals surface area (Å²) in [4.78, 5) is 20.9. The summed E-state index contributed by atoms with van der Waals surface area (Å²) in [6.45, 7) is 1.73. The zero-order valence-corrected chi connectivity index (χ0v) is 14.7. The number of likely N-dealkylation sites (N-methyl/N-ethyl adjacent to an activating group) is 1. The van der Waals surface area contributed by atoms with E-state index in [1.807, 2.05) is 19.3 Å². The van der Waals surface area contributed by atoms with Crippen LogP contribution in [0.2, 0.25) is 0 Å². The van der Waals surface area contributed by atoms with Gasteiger partial charge in [-0.1, -0.05) is 18.2 Å². The molecule has 0 unspecified atom stereocenters. The third-order valence-electron chi connectivity index (χ3n) is 5.00. The maximum absolute atomic E-state index is 13.0. The summed E-state index contributed by atoms with van der Waals surface area (Å²) < 4.78 is 13.0. The molecule has 0 saturated carbocycles. The maximum Gasteiger partial charge on any atom is 0.226 e. The molecule has 1 aromatic heterocycles. The Kier molecular flexibility index (Phi) is 5.43. The fourth-order valence-corrected chi connectivity index (χ4v) is 3.66. The number of likely N-dealkylation sites (tertiary alicyclic amines) is 1. The van der Waals surface area contributed by atoms with Crippen molar-refractivity contribution >= 4 is 5.91 Å². The number of benzene rings is 1. The van der Waals surface area contributed by atoms with Gasteiger partial charge in [-0.25, -0.2) is 4.39 Å². The maximum atomic E-state index is 13.0. The van der Waals surface area contributed by atoms with Gasteiger partial charge < -0.3 is 4.90 Å². The van der Waals surface area contributed by atoms with E-state index in [0.29, 0.717) is 18.9 Å². The number of carbonyl (C=O) groups is 1. The number of nitrogens with zero attached hydrogens (tertiary/aromatic N) is 3.